The number of para-hydroxylation sites is 1. The normalized spacial score (nSPS) is 15.9. The van der Waals surface area contributed by atoms with Gasteiger partial charge in [0.2, 0.25) is 0 Å². The van der Waals surface area contributed by atoms with Gasteiger partial charge in [-0.05, 0) is 30.3 Å². The molecular weight excluding hydrogens is 298 g/mol. The minimum Gasteiger partial charge on any atom is -0.463 e. The number of ether oxygens (including phenoxy) is 1. The summed E-state index contributed by atoms with van der Waals surface area (Å²) in [5, 5.41) is 0.434. The molecule has 1 aliphatic rings. The number of rotatable bonds is 2. The van der Waals surface area contributed by atoms with Crippen molar-refractivity contribution in [2.45, 2.75) is 0 Å². The Hall–Kier alpha value is -3.41. The molecule has 6 nitrogen and oxygen atoms in total. The minimum absolute atomic E-state index is 0.0129. The molecule has 6 heteroatoms. The number of aliphatic imine (C=N–C) groups is 1. The van der Waals surface area contributed by atoms with E-state index in [1.165, 1.54) is 18.6 Å². The lowest BCUT2D eigenvalue weighted by Gasteiger charge is -1.97. The fourth-order valence-corrected chi connectivity index (χ4v) is 2.25. The molecule has 1 aliphatic heterocycles. The molecule has 112 valence electrons. The van der Waals surface area contributed by atoms with Crippen molar-refractivity contribution in [1.82, 2.24) is 0 Å². The Morgan fingerprint density at radius 3 is 2.70 bits per heavy atom. The van der Waals surface area contributed by atoms with Crippen molar-refractivity contribution in [3.63, 3.8) is 0 Å². The summed E-state index contributed by atoms with van der Waals surface area (Å²) < 4.78 is 15.6. The van der Waals surface area contributed by atoms with Crippen molar-refractivity contribution in [3.05, 3.63) is 76.2 Å². The smallest absolute Gasteiger partial charge is 0.363 e. The lowest BCUT2D eigenvalue weighted by Crippen LogP contribution is -2.07. The van der Waals surface area contributed by atoms with Gasteiger partial charge >= 0.3 is 5.97 Å². The van der Waals surface area contributed by atoms with Crippen molar-refractivity contribution < 1.29 is 18.4 Å². The van der Waals surface area contributed by atoms with Crippen LogP contribution in [0, 0.1) is 0 Å². The van der Waals surface area contributed by atoms with Crippen LogP contribution in [0.2, 0.25) is 0 Å². The van der Waals surface area contributed by atoms with E-state index in [4.69, 9.17) is 13.6 Å². The fraction of sp³-hybridized carbons (Fsp3) is 0. The van der Waals surface area contributed by atoms with Gasteiger partial charge in [0.1, 0.15) is 11.8 Å². The molecule has 0 bridgehead atoms. The molecule has 3 heterocycles. The fourth-order valence-electron chi connectivity index (χ4n) is 2.25. The van der Waals surface area contributed by atoms with E-state index in [9.17, 15) is 9.59 Å². The van der Waals surface area contributed by atoms with Gasteiger partial charge in [-0.15, -0.1) is 0 Å². The van der Waals surface area contributed by atoms with Crippen LogP contribution in [-0.4, -0.2) is 11.9 Å². The van der Waals surface area contributed by atoms with Gasteiger partial charge in [-0.25, -0.2) is 9.79 Å². The summed E-state index contributed by atoms with van der Waals surface area (Å²) in [4.78, 5) is 28.3. The van der Waals surface area contributed by atoms with Gasteiger partial charge in [0.05, 0.1) is 17.2 Å². The van der Waals surface area contributed by atoms with Crippen LogP contribution < -0.4 is 5.43 Å². The van der Waals surface area contributed by atoms with Crippen molar-refractivity contribution >= 4 is 28.9 Å². The van der Waals surface area contributed by atoms with E-state index in [1.807, 2.05) is 0 Å². The summed E-state index contributed by atoms with van der Waals surface area (Å²) in [5.41, 5.74) is 0.473. The van der Waals surface area contributed by atoms with Crippen LogP contribution in [0.5, 0.6) is 0 Å². The molecule has 0 saturated carbocycles. The quantitative estimate of drug-likeness (QED) is 0.537. The van der Waals surface area contributed by atoms with E-state index in [0.29, 0.717) is 16.7 Å². The molecule has 0 saturated heterocycles. The van der Waals surface area contributed by atoms with Crippen LogP contribution in [0.25, 0.3) is 17.0 Å². The SMILES string of the molecule is O=C1OC(c2ccco2)=N/C1=C/c1coc2ccccc2c1=O. The van der Waals surface area contributed by atoms with Gasteiger partial charge in [-0.2, -0.15) is 0 Å². The zero-order valence-corrected chi connectivity index (χ0v) is 11.7. The van der Waals surface area contributed by atoms with Crippen LogP contribution in [0.1, 0.15) is 11.3 Å². The zero-order valence-electron chi connectivity index (χ0n) is 11.7. The average molecular weight is 307 g/mol. The second kappa shape index (κ2) is 5.10. The van der Waals surface area contributed by atoms with Crippen LogP contribution in [0.3, 0.4) is 0 Å². The Labute approximate surface area is 129 Å². The first-order chi connectivity index (χ1) is 11.2. The minimum atomic E-state index is -0.649. The summed E-state index contributed by atoms with van der Waals surface area (Å²) in [6.45, 7) is 0. The first-order valence-corrected chi connectivity index (χ1v) is 6.79. The van der Waals surface area contributed by atoms with Crippen LogP contribution >= 0.6 is 0 Å². The lowest BCUT2D eigenvalue weighted by molar-refractivity contribution is -0.130. The number of esters is 1. The number of benzene rings is 1. The highest BCUT2D eigenvalue weighted by Crippen LogP contribution is 2.19. The highest BCUT2D eigenvalue weighted by Gasteiger charge is 2.26. The zero-order chi connectivity index (χ0) is 15.8. The summed E-state index contributed by atoms with van der Waals surface area (Å²) in [5.74, 6) is -0.243. The molecule has 0 radical (unpaired) electrons. The lowest BCUT2D eigenvalue weighted by atomic mass is 10.1. The first kappa shape index (κ1) is 13.3. The number of nitrogens with zero attached hydrogens (tertiary/aromatic N) is 1. The van der Waals surface area contributed by atoms with Crippen molar-refractivity contribution in [2.24, 2.45) is 4.99 Å². The third-order valence-electron chi connectivity index (χ3n) is 3.35. The Balaban J connectivity index is 1.80. The van der Waals surface area contributed by atoms with E-state index in [0.717, 1.165) is 0 Å². The number of hydrogen-bond donors (Lipinski definition) is 0. The number of hydrogen-bond acceptors (Lipinski definition) is 6. The molecule has 3 aromatic rings. The molecule has 0 fully saturated rings. The molecular formula is C17H9NO5. The Morgan fingerprint density at radius 2 is 1.87 bits per heavy atom. The van der Waals surface area contributed by atoms with Gasteiger partial charge in [0.15, 0.2) is 16.9 Å². The predicted octanol–water partition coefficient (Wildman–Crippen LogP) is 2.73. The van der Waals surface area contributed by atoms with E-state index in [-0.39, 0.29) is 22.6 Å². The number of carbonyl (C=O) groups is 1. The Kier molecular flexibility index (Phi) is 2.94. The maximum absolute atomic E-state index is 12.4. The number of carbonyl (C=O) groups excluding carboxylic acids is 1. The summed E-state index contributed by atoms with van der Waals surface area (Å²) in [7, 11) is 0. The second-order valence-corrected chi connectivity index (χ2v) is 4.83. The van der Waals surface area contributed by atoms with E-state index in [2.05, 4.69) is 4.99 Å². The maximum Gasteiger partial charge on any atom is 0.363 e. The van der Waals surface area contributed by atoms with Crippen LogP contribution in [-0.2, 0) is 9.53 Å². The number of furan rings is 1. The van der Waals surface area contributed by atoms with Gasteiger partial charge < -0.3 is 13.6 Å². The summed E-state index contributed by atoms with van der Waals surface area (Å²) in [6, 6.07) is 10.2. The molecule has 0 unspecified atom stereocenters. The maximum atomic E-state index is 12.4. The summed E-state index contributed by atoms with van der Waals surface area (Å²) in [6.07, 6.45) is 4.09. The molecule has 0 aliphatic carbocycles. The molecule has 1 aromatic carbocycles. The van der Waals surface area contributed by atoms with Gasteiger partial charge in [0.25, 0.3) is 5.90 Å². The third-order valence-corrected chi connectivity index (χ3v) is 3.35. The molecule has 4 rings (SSSR count). The highest BCUT2D eigenvalue weighted by molar-refractivity contribution is 6.11. The summed E-state index contributed by atoms with van der Waals surface area (Å²) >= 11 is 0. The molecule has 0 atom stereocenters. The average Bonchev–Trinajstić information content (AvgIpc) is 3.21. The monoisotopic (exact) mass is 307 g/mol. The van der Waals surface area contributed by atoms with E-state index >= 15 is 0 Å². The highest BCUT2D eigenvalue weighted by atomic mass is 16.6. The second-order valence-electron chi connectivity index (χ2n) is 4.83. The predicted molar refractivity (Wildman–Crippen MR) is 81.8 cm³/mol. The van der Waals surface area contributed by atoms with Gasteiger partial charge in [0, 0.05) is 0 Å². The van der Waals surface area contributed by atoms with Gasteiger partial charge in [-0.1, -0.05) is 12.1 Å². The van der Waals surface area contributed by atoms with Crippen molar-refractivity contribution in [3.8, 4) is 0 Å². The third kappa shape index (κ3) is 2.26. The van der Waals surface area contributed by atoms with Crippen molar-refractivity contribution in [1.29, 1.82) is 0 Å². The molecule has 0 spiro atoms. The topological polar surface area (TPSA) is 82.0 Å². The number of fused-ring (bicyclic) bond motifs is 1. The standard InChI is InChI=1S/C17H9NO5/c19-15-10(9-22-13-5-2-1-4-11(13)15)8-12-17(20)23-16(18-12)14-6-3-7-21-14/h1-9H/b12-8+. The largest absolute Gasteiger partial charge is 0.463 e. The molecule has 23 heavy (non-hydrogen) atoms. The molecule has 0 N–H and O–H groups in total. The van der Waals surface area contributed by atoms with Crippen LogP contribution in [0.15, 0.2) is 73.2 Å². The van der Waals surface area contributed by atoms with E-state index < -0.39 is 5.97 Å². The Bertz CT molecular complexity index is 1020. The van der Waals surface area contributed by atoms with Crippen molar-refractivity contribution in [2.75, 3.05) is 0 Å². The van der Waals surface area contributed by atoms with Crippen LogP contribution in [0.4, 0.5) is 0 Å². The van der Waals surface area contributed by atoms with Gasteiger partial charge in [-0.3, -0.25) is 4.79 Å². The number of cyclic esters (lactones) is 1. The molecule has 0 amide bonds. The molecule has 2 aromatic heterocycles. The first-order valence-electron chi connectivity index (χ1n) is 6.79. The Morgan fingerprint density at radius 1 is 1.00 bits per heavy atom. The van der Waals surface area contributed by atoms with E-state index in [1.54, 1.807) is 36.4 Å².